The zero-order valence-corrected chi connectivity index (χ0v) is 13.6. The first-order valence-corrected chi connectivity index (χ1v) is 8.05. The number of hydrogen-bond donors (Lipinski definition) is 1. The fourth-order valence-electron chi connectivity index (χ4n) is 2.68. The lowest BCUT2D eigenvalue weighted by Gasteiger charge is -2.21. The molecule has 2 aromatic rings. The summed E-state index contributed by atoms with van der Waals surface area (Å²) in [5.74, 6) is -0.608. The Balaban J connectivity index is 1.89. The van der Waals surface area contributed by atoms with Crippen LogP contribution in [0.15, 0.2) is 46.9 Å². The third-order valence-electron chi connectivity index (χ3n) is 3.77. The highest BCUT2D eigenvalue weighted by molar-refractivity contribution is 9.10. The largest absolute Gasteiger partial charge is 0.370 e. The van der Waals surface area contributed by atoms with Crippen LogP contribution in [0, 0.1) is 5.82 Å². The Morgan fingerprint density at radius 3 is 2.59 bits per heavy atom. The molecule has 0 bridgehead atoms. The van der Waals surface area contributed by atoms with Crippen molar-refractivity contribution in [3.8, 4) is 0 Å². The van der Waals surface area contributed by atoms with Crippen LogP contribution in [0.25, 0.3) is 0 Å². The van der Waals surface area contributed by atoms with Gasteiger partial charge in [0, 0.05) is 17.6 Å². The molecule has 1 amide bonds. The number of anilines is 2. The summed E-state index contributed by atoms with van der Waals surface area (Å²) in [6, 6.07) is 11.7. The van der Waals surface area contributed by atoms with Crippen LogP contribution in [-0.4, -0.2) is 19.0 Å². The lowest BCUT2D eigenvalue weighted by molar-refractivity contribution is 0.102. The minimum absolute atomic E-state index is 0.251. The summed E-state index contributed by atoms with van der Waals surface area (Å²) >= 11 is 3.36. The molecule has 1 fully saturated rings. The molecule has 114 valence electrons. The highest BCUT2D eigenvalue weighted by atomic mass is 79.9. The number of rotatable bonds is 3. The van der Waals surface area contributed by atoms with Crippen LogP contribution in [0.2, 0.25) is 0 Å². The van der Waals surface area contributed by atoms with Gasteiger partial charge < -0.3 is 10.2 Å². The molecule has 1 saturated heterocycles. The molecule has 0 atom stereocenters. The zero-order valence-electron chi connectivity index (χ0n) is 12.0. The summed E-state index contributed by atoms with van der Waals surface area (Å²) in [4.78, 5) is 14.6. The molecule has 2 aromatic carbocycles. The van der Waals surface area contributed by atoms with Gasteiger partial charge in [-0.1, -0.05) is 12.1 Å². The highest BCUT2D eigenvalue weighted by Gasteiger charge is 2.18. The van der Waals surface area contributed by atoms with Gasteiger partial charge in [0.15, 0.2) is 0 Å². The lowest BCUT2D eigenvalue weighted by Crippen LogP contribution is -2.21. The van der Waals surface area contributed by atoms with Gasteiger partial charge in [-0.05, 0) is 59.1 Å². The molecule has 0 radical (unpaired) electrons. The first-order valence-electron chi connectivity index (χ1n) is 7.25. The summed E-state index contributed by atoms with van der Waals surface area (Å²) in [5.41, 5.74) is 1.92. The Labute approximate surface area is 137 Å². The third kappa shape index (κ3) is 3.14. The fraction of sp³-hybridized carbons (Fsp3) is 0.235. The number of nitrogens with zero attached hydrogens (tertiary/aromatic N) is 1. The van der Waals surface area contributed by atoms with E-state index < -0.39 is 0 Å². The maximum atomic E-state index is 13.6. The highest BCUT2D eigenvalue weighted by Crippen LogP contribution is 2.30. The summed E-state index contributed by atoms with van der Waals surface area (Å²) in [7, 11) is 0. The molecule has 3 rings (SSSR count). The van der Waals surface area contributed by atoms with Crippen LogP contribution in [0.4, 0.5) is 15.8 Å². The van der Waals surface area contributed by atoms with Crippen LogP contribution < -0.4 is 10.2 Å². The summed E-state index contributed by atoms with van der Waals surface area (Å²) in [5, 5.41) is 2.83. The first-order chi connectivity index (χ1) is 10.6. The van der Waals surface area contributed by atoms with Gasteiger partial charge in [0.05, 0.1) is 16.9 Å². The first kappa shape index (κ1) is 15.0. The van der Waals surface area contributed by atoms with E-state index in [1.54, 1.807) is 18.2 Å². The average molecular weight is 363 g/mol. The number of amides is 1. The number of carbonyl (C=O) groups is 1. The second-order valence-corrected chi connectivity index (χ2v) is 6.14. The smallest absolute Gasteiger partial charge is 0.256 e. The predicted octanol–water partition coefficient (Wildman–Crippen LogP) is 4.44. The van der Waals surface area contributed by atoms with Gasteiger partial charge >= 0.3 is 0 Å². The molecule has 0 unspecified atom stereocenters. The van der Waals surface area contributed by atoms with Crippen LogP contribution in [0.1, 0.15) is 23.2 Å². The normalized spacial score (nSPS) is 14.2. The molecule has 0 spiro atoms. The van der Waals surface area contributed by atoms with E-state index in [-0.39, 0.29) is 11.7 Å². The van der Waals surface area contributed by atoms with E-state index in [0.717, 1.165) is 31.6 Å². The Hall–Kier alpha value is -1.88. The van der Waals surface area contributed by atoms with E-state index in [1.807, 2.05) is 12.1 Å². The molecule has 22 heavy (non-hydrogen) atoms. The Morgan fingerprint density at radius 2 is 1.86 bits per heavy atom. The molecule has 0 aromatic heterocycles. The fourth-order valence-corrected chi connectivity index (χ4v) is 3.14. The molecule has 1 N–H and O–H groups in total. The molecule has 0 saturated carbocycles. The van der Waals surface area contributed by atoms with Crippen molar-refractivity contribution in [2.24, 2.45) is 0 Å². The quantitative estimate of drug-likeness (QED) is 0.875. The second-order valence-electron chi connectivity index (χ2n) is 5.29. The van der Waals surface area contributed by atoms with Crippen molar-refractivity contribution in [3.63, 3.8) is 0 Å². The van der Waals surface area contributed by atoms with Gasteiger partial charge in [0.25, 0.3) is 5.91 Å². The standard InChI is InChI=1S/C17H16BrFN2O/c18-14-6-2-1-5-13(14)17(22)20-15-11-12(19)7-8-16(15)21-9-3-4-10-21/h1-2,5-8,11H,3-4,9-10H2,(H,20,22). The SMILES string of the molecule is O=C(Nc1cc(F)ccc1N1CCCC1)c1ccccc1Br. The minimum atomic E-state index is -0.356. The molecule has 0 aliphatic carbocycles. The molecule has 1 aliphatic rings. The van der Waals surface area contributed by atoms with Crippen molar-refractivity contribution in [3.05, 3.63) is 58.3 Å². The summed E-state index contributed by atoms with van der Waals surface area (Å²) < 4.78 is 14.3. The van der Waals surface area contributed by atoms with Gasteiger partial charge in [-0.15, -0.1) is 0 Å². The molecule has 5 heteroatoms. The predicted molar refractivity (Wildman–Crippen MR) is 89.9 cm³/mol. The Morgan fingerprint density at radius 1 is 1.14 bits per heavy atom. The van der Waals surface area contributed by atoms with Crippen molar-refractivity contribution < 1.29 is 9.18 Å². The number of halogens is 2. The van der Waals surface area contributed by atoms with Crippen molar-refractivity contribution in [2.75, 3.05) is 23.3 Å². The van der Waals surface area contributed by atoms with E-state index in [0.29, 0.717) is 15.7 Å². The zero-order chi connectivity index (χ0) is 15.5. The van der Waals surface area contributed by atoms with Crippen LogP contribution >= 0.6 is 15.9 Å². The summed E-state index contributed by atoms with van der Waals surface area (Å²) in [6.45, 7) is 1.87. The number of hydrogen-bond acceptors (Lipinski definition) is 2. The van der Waals surface area contributed by atoms with Crippen LogP contribution in [0.5, 0.6) is 0 Å². The monoisotopic (exact) mass is 362 g/mol. The topological polar surface area (TPSA) is 32.3 Å². The average Bonchev–Trinajstić information content (AvgIpc) is 3.02. The number of carbonyl (C=O) groups excluding carboxylic acids is 1. The van der Waals surface area contributed by atoms with Crippen LogP contribution in [0.3, 0.4) is 0 Å². The van der Waals surface area contributed by atoms with Crippen molar-refractivity contribution >= 4 is 33.2 Å². The van der Waals surface area contributed by atoms with Gasteiger partial charge in [0.2, 0.25) is 0 Å². The molecular formula is C17H16BrFN2O. The Kier molecular flexibility index (Phi) is 4.43. The molecule has 1 aliphatic heterocycles. The molecule has 1 heterocycles. The lowest BCUT2D eigenvalue weighted by atomic mass is 10.2. The Bertz CT molecular complexity index is 699. The van der Waals surface area contributed by atoms with E-state index in [2.05, 4.69) is 26.1 Å². The van der Waals surface area contributed by atoms with Gasteiger partial charge in [-0.25, -0.2) is 4.39 Å². The van der Waals surface area contributed by atoms with Crippen LogP contribution in [-0.2, 0) is 0 Å². The van der Waals surface area contributed by atoms with Crippen molar-refractivity contribution in [2.45, 2.75) is 12.8 Å². The number of nitrogens with one attached hydrogen (secondary N) is 1. The van der Waals surface area contributed by atoms with E-state index in [4.69, 9.17) is 0 Å². The maximum Gasteiger partial charge on any atom is 0.256 e. The summed E-state index contributed by atoms with van der Waals surface area (Å²) in [6.07, 6.45) is 2.24. The van der Waals surface area contributed by atoms with E-state index in [1.165, 1.54) is 12.1 Å². The minimum Gasteiger partial charge on any atom is -0.370 e. The van der Waals surface area contributed by atoms with Gasteiger partial charge in [0.1, 0.15) is 5.82 Å². The second kappa shape index (κ2) is 6.48. The number of benzene rings is 2. The molecular weight excluding hydrogens is 347 g/mol. The van der Waals surface area contributed by atoms with E-state index >= 15 is 0 Å². The van der Waals surface area contributed by atoms with Crippen molar-refractivity contribution in [1.82, 2.24) is 0 Å². The van der Waals surface area contributed by atoms with Gasteiger partial charge in [-0.3, -0.25) is 4.79 Å². The van der Waals surface area contributed by atoms with E-state index in [9.17, 15) is 9.18 Å². The molecule has 3 nitrogen and oxygen atoms in total. The maximum absolute atomic E-state index is 13.6. The third-order valence-corrected chi connectivity index (χ3v) is 4.46. The van der Waals surface area contributed by atoms with Crippen molar-refractivity contribution in [1.29, 1.82) is 0 Å². The van der Waals surface area contributed by atoms with Gasteiger partial charge in [-0.2, -0.15) is 0 Å².